The van der Waals surface area contributed by atoms with Crippen LogP contribution in [0.2, 0.25) is 0 Å². The van der Waals surface area contributed by atoms with Crippen LogP contribution in [0, 0.1) is 11.8 Å². The number of hydrogen-bond donors (Lipinski definition) is 3. The number of ether oxygens (including phenoxy) is 4. The number of ketones is 1. The van der Waals surface area contributed by atoms with E-state index in [1.165, 1.54) is 32.4 Å². The van der Waals surface area contributed by atoms with Crippen LogP contribution in [-0.2, 0) is 14.4 Å². The van der Waals surface area contributed by atoms with E-state index < -0.39 is 29.8 Å². The maximum atomic E-state index is 12.4. The van der Waals surface area contributed by atoms with Crippen molar-refractivity contribution in [2.24, 2.45) is 23.3 Å². The summed E-state index contributed by atoms with van der Waals surface area (Å²) in [5, 5.41) is 10.2. The lowest BCUT2D eigenvalue weighted by molar-refractivity contribution is -0.138. The summed E-state index contributed by atoms with van der Waals surface area (Å²) >= 11 is 0. The predicted molar refractivity (Wildman–Crippen MR) is 166 cm³/mol. The van der Waals surface area contributed by atoms with Gasteiger partial charge in [-0.25, -0.2) is 9.59 Å². The van der Waals surface area contributed by atoms with E-state index in [1.807, 2.05) is 27.7 Å². The highest BCUT2D eigenvalue weighted by Gasteiger charge is 2.24. The van der Waals surface area contributed by atoms with E-state index in [9.17, 15) is 19.5 Å². The zero-order valence-corrected chi connectivity index (χ0v) is 25.5. The Morgan fingerprint density at radius 1 is 0.744 bits per heavy atom. The smallest absolute Gasteiger partial charge is 0.328 e. The maximum absolute atomic E-state index is 12.4. The van der Waals surface area contributed by atoms with Crippen LogP contribution in [0.15, 0.2) is 60.4 Å². The summed E-state index contributed by atoms with van der Waals surface area (Å²) in [6, 6.07) is 8.15. The first kappa shape index (κ1) is 34.8. The Labute approximate surface area is 252 Å². The number of aliphatic hydroxyl groups is 1. The number of benzene rings is 2. The van der Waals surface area contributed by atoms with Gasteiger partial charge in [0.25, 0.3) is 0 Å². The normalized spacial score (nSPS) is 14.7. The second kappa shape index (κ2) is 16.9. The van der Waals surface area contributed by atoms with Crippen LogP contribution in [0.4, 0.5) is 0 Å². The SMILES string of the molecule is CC[C@H](C)[C@H](N)C(=O)Oc1ccc(/C=C/C(=O)C=C(O)/C=C/c2ccc(OC(=O)[C@@H](N)[C@@H](C)CC)c(OC)c2)cc1OC. The maximum Gasteiger partial charge on any atom is 0.328 e. The van der Waals surface area contributed by atoms with Crippen molar-refractivity contribution in [3.63, 3.8) is 0 Å². The molecule has 0 heterocycles. The van der Waals surface area contributed by atoms with Gasteiger partial charge in [-0.3, -0.25) is 4.79 Å². The van der Waals surface area contributed by atoms with E-state index in [4.69, 9.17) is 30.4 Å². The van der Waals surface area contributed by atoms with Gasteiger partial charge < -0.3 is 35.5 Å². The third-order valence-electron chi connectivity index (χ3n) is 7.03. The first-order valence-corrected chi connectivity index (χ1v) is 14.0. The highest BCUT2D eigenvalue weighted by molar-refractivity contribution is 6.02. The number of nitrogens with two attached hydrogens (primary N) is 2. The lowest BCUT2D eigenvalue weighted by Crippen LogP contribution is -2.39. The first-order chi connectivity index (χ1) is 20.4. The van der Waals surface area contributed by atoms with Gasteiger partial charge in [0.05, 0.1) is 14.2 Å². The standard InChI is InChI=1S/C33H42N2O8/c1-7-20(3)30(34)32(38)42-26-15-11-22(17-28(26)40-5)9-13-24(36)19-25(37)14-10-23-12-16-27(29(18-23)41-6)43-33(39)31(35)21(4)8-2/h9-21,30-31,36H,7-8,34-35H2,1-6H3/b13-9+,14-10+,24-19?/t20-,21-,30-,31-/m0/s1. The topological polar surface area (TPSA) is 160 Å². The number of rotatable bonds is 15. The molecule has 0 aliphatic heterocycles. The van der Waals surface area contributed by atoms with Gasteiger partial charge >= 0.3 is 11.9 Å². The van der Waals surface area contributed by atoms with Crippen molar-refractivity contribution in [3.8, 4) is 23.0 Å². The van der Waals surface area contributed by atoms with Crippen molar-refractivity contribution in [2.45, 2.75) is 52.6 Å². The van der Waals surface area contributed by atoms with Gasteiger partial charge in [-0.1, -0.05) is 64.8 Å². The summed E-state index contributed by atoms with van der Waals surface area (Å²) < 4.78 is 21.5. The van der Waals surface area contributed by atoms with Gasteiger partial charge in [0.1, 0.15) is 17.8 Å². The van der Waals surface area contributed by atoms with E-state index in [1.54, 1.807) is 42.5 Å². The molecule has 0 unspecified atom stereocenters. The van der Waals surface area contributed by atoms with Crippen molar-refractivity contribution in [2.75, 3.05) is 14.2 Å². The quantitative estimate of drug-likeness (QED) is 0.0842. The number of esters is 2. The Balaban J connectivity index is 2.07. The molecule has 0 saturated heterocycles. The van der Waals surface area contributed by atoms with E-state index >= 15 is 0 Å². The van der Waals surface area contributed by atoms with Crippen LogP contribution < -0.4 is 30.4 Å². The summed E-state index contributed by atoms with van der Waals surface area (Å²) in [5.41, 5.74) is 13.1. The van der Waals surface area contributed by atoms with Crippen LogP contribution in [0.5, 0.6) is 23.0 Å². The van der Waals surface area contributed by atoms with Crippen molar-refractivity contribution in [1.29, 1.82) is 0 Å². The Morgan fingerprint density at radius 3 is 1.56 bits per heavy atom. The molecule has 10 heteroatoms. The van der Waals surface area contributed by atoms with Crippen LogP contribution in [0.25, 0.3) is 12.2 Å². The predicted octanol–water partition coefficient (Wildman–Crippen LogP) is 5.00. The Morgan fingerprint density at radius 2 is 1.16 bits per heavy atom. The Kier molecular flexibility index (Phi) is 13.7. The lowest BCUT2D eigenvalue weighted by atomic mass is 10.0. The molecule has 0 aromatic heterocycles. The molecular weight excluding hydrogens is 552 g/mol. The average molecular weight is 595 g/mol. The minimum atomic E-state index is -0.759. The Bertz CT molecular complexity index is 1360. The summed E-state index contributed by atoms with van der Waals surface area (Å²) in [7, 11) is 2.88. The van der Waals surface area contributed by atoms with Crippen LogP contribution in [-0.4, -0.2) is 49.1 Å². The molecule has 0 aliphatic carbocycles. The highest BCUT2D eigenvalue weighted by atomic mass is 16.6. The monoisotopic (exact) mass is 594 g/mol. The fourth-order valence-electron chi connectivity index (χ4n) is 3.67. The molecule has 2 rings (SSSR count). The molecule has 232 valence electrons. The summed E-state index contributed by atoms with van der Waals surface area (Å²) in [4.78, 5) is 37.1. The fraction of sp³-hybridized carbons (Fsp3) is 0.364. The second-order valence-electron chi connectivity index (χ2n) is 10.1. The molecule has 0 aliphatic rings. The number of carbonyl (C=O) groups is 3. The molecule has 0 amide bonds. The molecule has 10 nitrogen and oxygen atoms in total. The molecule has 0 fully saturated rings. The molecule has 0 saturated carbocycles. The van der Waals surface area contributed by atoms with Gasteiger partial charge in [-0.05, 0) is 59.4 Å². The molecule has 2 aromatic rings. The van der Waals surface area contributed by atoms with Crippen LogP contribution in [0.3, 0.4) is 0 Å². The zero-order valence-electron chi connectivity index (χ0n) is 25.5. The minimum absolute atomic E-state index is 0.0351. The zero-order chi connectivity index (χ0) is 32.1. The molecule has 2 aromatic carbocycles. The fourth-order valence-corrected chi connectivity index (χ4v) is 3.67. The molecule has 0 bridgehead atoms. The molecule has 43 heavy (non-hydrogen) atoms. The van der Waals surface area contributed by atoms with E-state index in [0.717, 1.165) is 18.9 Å². The molecule has 0 radical (unpaired) electrons. The molecule has 5 N–H and O–H groups in total. The van der Waals surface area contributed by atoms with Crippen molar-refractivity contribution in [1.82, 2.24) is 0 Å². The van der Waals surface area contributed by atoms with Gasteiger partial charge in [0.2, 0.25) is 0 Å². The second-order valence-corrected chi connectivity index (χ2v) is 10.1. The van der Waals surface area contributed by atoms with Crippen molar-refractivity contribution < 1.29 is 38.4 Å². The summed E-state index contributed by atoms with van der Waals surface area (Å²) in [5.74, 6) is -0.871. The first-order valence-electron chi connectivity index (χ1n) is 14.0. The van der Waals surface area contributed by atoms with Gasteiger partial charge in [-0.15, -0.1) is 0 Å². The van der Waals surface area contributed by atoms with E-state index in [0.29, 0.717) is 22.6 Å². The number of allylic oxidation sites excluding steroid dienone is 3. The number of aliphatic hydroxyl groups excluding tert-OH is 1. The van der Waals surface area contributed by atoms with Crippen LogP contribution in [0.1, 0.15) is 51.7 Å². The number of hydrogen-bond acceptors (Lipinski definition) is 10. The van der Waals surface area contributed by atoms with E-state index in [2.05, 4.69) is 0 Å². The molecule has 4 atom stereocenters. The molecule has 0 spiro atoms. The Hall–Kier alpha value is -4.41. The number of methoxy groups -OCH3 is 2. The van der Waals surface area contributed by atoms with Gasteiger partial charge in [0.15, 0.2) is 28.8 Å². The van der Waals surface area contributed by atoms with Crippen molar-refractivity contribution in [3.05, 3.63) is 71.5 Å². The van der Waals surface area contributed by atoms with Gasteiger partial charge in [0, 0.05) is 6.08 Å². The third kappa shape index (κ3) is 10.4. The highest BCUT2D eigenvalue weighted by Crippen LogP contribution is 2.30. The largest absolute Gasteiger partial charge is 0.508 e. The summed E-state index contributed by atoms with van der Waals surface area (Å²) in [6.45, 7) is 7.63. The molecular formula is C33H42N2O8. The number of carbonyl (C=O) groups excluding carboxylic acids is 3. The summed E-state index contributed by atoms with van der Waals surface area (Å²) in [6.07, 6.45) is 8.26. The van der Waals surface area contributed by atoms with E-state index in [-0.39, 0.29) is 29.1 Å². The third-order valence-corrected chi connectivity index (χ3v) is 7.03. The lowest BCUT2D eigenvalue weighted by Gasteiger charge is -2.17. The minimum Gasteiger partial charge on any atom is -0.508 e. The van der Waals surface area contributed by atoms with Crippen molar-refractivity contribution >= 4 is 29.9 Å². The van der Waals surface area contributed by atoms with Crippen LogP contribution >= 0.6 is 0 Å². The van der Waals surface area contributed by atoms with Gasteiger partial charge in [-0.2, -0.15) is 0 Å². The average Bonchev–Trinajstić information content (AvgIpc) is 3.01.